The minimum atomic E-state index is -0.687. The maximum atomic E-state index is 11.0. The second-order valence-electron chi connectivity index (χ2n) is 5.64. The van der Waals surface area contributed by atoms with E-state index < -0.39 is 5.97 Å². The molecular formula is C15H20N2O2. The fourth-order valence-corrected chi connectivity index (χ4v) is 3.20. The molecular weight excluding hydrogens is 240 g/mol. The first kappa shape index (κ1) is 12.5. The van der Waals surface area contributed by atoms with Crippen LogP contribution in [0.5, 0.6) is 0 Å². The number of nitrogens with one attached hydrogen (secondary N) is 1. The molecule has 102 valence electrons. The molecule has 0 amide bonds. The molecule has 2 atom stereocenters. The second-order valence-corrected chi connectivity index (χ2v) is 5.64. The fraction of sp³-hybridized carbons (Fsp3) is 0.533. The zero-order chi connectivity index (χ0) is 13.4. The summed E-state index contributed by atoms with van der Waals surface area (Å²) in [5.74, 6) is -0.934. The summed E-state index contributed by atoms with van der Waals surface area (Å²) >= 11 is 0. The lowest BCUT2D eigenvalue weighted by atomic mass is 9.94. The van der Waals surface area contributed by atoms with Crippen LogP contribution in [0.3, 0.4) is 0 Å². The van der Waals surface area contributed by atoms with Crippen LogP contribution in [0, 0.1) is 5.92 Å². The van der Waals surface area contributed by atoms with Gasteiger partial charge in [-0.3, -0.25) is 4.79 Å². The molecule has 2 N–H and O–H groups in total. The molecule has 4 heteroatoms. The number of hydrogen-bond donors (Lipinski definition) is 2. The Hall–Kier alpha value is -1.55. The van der Waals surface area contributed by atoms with Crippen molar-refractivity contribution in [2.45, 2.75) is 25.3 Å². The van der Waals surface area contributed by atoms with Crippen molar-refractivity contribution in [1.29, 1.82) is 0 Å². The fourth-order valence-electron chi connectivity index (χ4n) is 3.20. The monoisotopic (exact) mass is 260 g/mol. The number of benzene rings is 1. The smallest absolute Gasteiger partial charge is 0.307 e. The van der Waals surface area contributed by atoms with E-state index in [9.17, 15) is 4.79 Å². The van der Waals surface area contributed by atoms with Crippen molar-refractivity contribution in [3.8, 4) is 0 Å². The maximum absolute atomic E-state index is 11.0. The van der Waals surface area contributed by atoms with E-state index >= 15 is 0 Å². The van der Waals surface area contributed by atoms with Crippen molar-refractivity contribution < 1.29 is 9.90 Å². The lowest BCUT2D eigenvalue weighted by Gasteiger charge is -2.28. The summed E-state index contributed by atoms with van der Waals surface area (Å²) in [5.41, 5.74) is 3.95. The molecule has 0 saturated carbocycles. The molecule has 2 unspecified atom stereocenters. The summed E-state index contributed by atoms with van der Waals surface area (Å²) in [7, 11) is 2.13. The maximum Gasteiger partial charge on any atom is 0.307 e. The van der Waals surface area contributed by atoms with Crippen molar-refractivity contribution >= 4 is 11.7 Å². The highest BCUT2D eigenvalue weighted by molar-refractivity contribution is 5.71. The largest absolute Gasteiger partial charge is 0.481 e. The molecule has 1 aromatic rings. The number of carboxylic acid groups (broad SMARTS) is 1. The molecule has 2 aliphatic heterocycles. The van der Waals surface area contributed by atoms with E-state index in [4.69, 9.17) is 5.11 Å². The van der Waals surface area contributed by atoms with E-state index in [1.807, 2.05) is 0 Å². The Labute approximate surface area is 113 Å². The third kappa shape index (κ3) is 2.32. The number of nitrogens with zero attached hydrogens (tertiary/aromatic N) is 1. The minimum absolute atomic E-state index is 0.193. The molecule has 0 radical (unpaired) electrons. The molecule has 1 saturated heterocycles. The highest BCUT2D eigenvalue weighted by atomic mass is 16.4. The first-order valence-electron chi connectivity index (χ1n) is 6.95. The molecule has 2 aliphatic rings. The van der Waals surface area contributed by atoms with Crippen molar-refractivity contribution in [2.75, 3.05) is 25.0 Å². The average Bonchev–Trinajstić information content (AvgIpc) is 2.88. The van der Waals surface area contributed by atoms with Gasteiger partial charge in [0.1, 0.15) is 0 Å². The Morgan fingerprint density at radius 3 is 3.05 bits per heavy atom. The zero-order valence-electron chi connectivity index (χ0n) is 11.2. The number of hydrogen-bond acceptors (Lipinski definition) is 3. The first-order chi connectivity index (χ1) is 9.15. The predicted molar refractivity (Wildman–Crippen MR) is 74.5 cm³/mol. The van der Waals surface area contributed by atoms with Gasteiger partial charge in [-0.25, -0.2) is 0 Å². The molecule has 1 fully saturated rings. The van der Waals surface area contributed by atoms with Gasteiger partial charge in [-0.2, -0.15) is 0 Å². The Balaban J connectivity index is 1.81. The van der Waals surface area contributed by atoms with E-state index in [0.29, 0.717) is 13.0 Å². The molecule has 0 aliphatic carbocycles. The third-order valence-electron chi connectivity index (χ3n) is 4.34. The molecule has 19 heavy (non-hydrogen) atoms. The van der Waals surface area contributed by atoms with Crippen LogP contribution in [-0.2, 0) is 11.2 Å². The van der Waals surface area contributed by atoms with Gasteiger partial charge in [0.2, 0.25) is 0 Å². The summed E-state index contributed by atoms with van der Waals surface area (Å²) in [6, 6.07) is 6.77. The van der Waals surface area contributed by atoms with E-state index in [2.05, 4.69) is 35.5 Å². The van der Waals surface area contributed by atoms with Crippen LogP contribution in [0.4, 0.5) is 5.69 Å². The van der Waals surface area contributed by atoms with E-state index in [1.54, 1.807) is 0 Å². The van der Waals surface area contributed by atoms with Gasteiger partial charge in [0.15, 0.2) is 0 Å². The van der Waals surface area contributed by atoms with Gasteiger partial charge in [0.05, 0.1) is 5.92 Å². The number of carbonyl (C=O) groups is 1. The number of fused-ring (bicyclic) bond motifs is 1. The first-order valence-corrected chi connectivity index (χ1v) is 6.95. The topological polar surface area (TPSA) is 52.6 Å². The molecule has 4 nitrogen and oxygen atoms in total. The van der Waals surface area contributed by atoms with Crippen LogP contribution in [0.1, 0.15) is 30.0 Å². The zero-order valence-corrected chi connectivity index (χ0v) is 11.2. The Bertz CT molecular complexity index is 501. The normalized spacial score (nSPS) is 26.3. The van der Waals surface area contributed by atoms with Gasteiger partial charge < -0.3 is 15.3 Å². The highest BCUT2D eigenvalue weighted by Gasteiger charge is 2.30. The van der Waals surface area contributed by atoms with Gasteiger partial charge in [-0.05, 0) is 36.5 Å². The van der Waals surface area contributed by atoms with Gasteiger partial charge >= 0.3 is 5.97 Å². The van der Waals surface area contributed by atoms with Gasteiger partial charge in [0.25, 0.3) is 0 Å². The van der Waals surface area contributed by atoms with Crippen LogP contribution in [0.15, 0.2) is 18.2 Å². The van der Waals surface area contributed by atoms with Crippen LogP contribution < -0.4 is 10.2 Å². The third-order valence-corrected chi connectivity index (χ3v) is 4.34. The van der Waals surface area contributed by atoms with E-state index in [-0.39, 0.29) is 12.0 Å². The predicted octanol–water partition coefficient (Wildman–Crippen LogP) is 1.80. The summed E-state index contributed by atoms with van der Waals surface area (Å²) in [6.07, 6.45) is 3.02. The quantitative estimate of drug-likeness (QED) is 0.851. The number of aryl methyl sites for hydroxylation is 1. The summed E-state index contributed by atoms with van der Waals surface area (Å²) in [6.45, 7) is 1.70. The molecule has 0 aromatic heterocycles. The van der Waals surface area contributed by atoms with Gasteiger partial charge in [-0.1, -0.05) is 12.1 Å². The Morgan fingerprint density at radius 2 is 2.32 bits per heavy atom. The van der Waals surface area contributed by atoms with Gasteiger partial charge in [-0.15, -0.1) is 0 Å². The van der Waals surface area contributed by atoms with Crippen LogP contribution in [0.25, 0.3) is 0 Å². The SMILES string of the molecule is CN1CCCc2cc(C3CC(C(=O)O)CN3)ccc21. The van der Waals surface area contributed by atoms with E-state index in [0.717, 1.165) is 13.0 Å². The van der Waals surface area contributed by atoms with Crippen LogP contribution >= 0.6 is 0 Å². The lowest BCUT2D eigenvalue weighted by Crippen LogP contribution is -2.25. The van der Waals surface area contributed by atoms with Gasteiger partial charge in [0, 0.05) is 31.9 Å². The summed E-state index contributed by atoms with van der Waals surface area (Å²) < 4.78 is 0. The standard InChI is InChI=1S/C15H20N2O2/c1-17-6-2-3-11-7-10(4-5-14(11)17)13-8-12(9-16-13)15(18)19/h4-5,7,12-13,16H,2-3,6,8-9H2,1H3,(H,18,19). The molecule has 3 rings (SSSR count). The molecule has 2 heterocycles. The van der Waals surface area contributed by atoms with Crippen molar-refractivity contribution in [3.63, 3.8) is 0 Å². The molecule has 0 bridgehead atoms. The molecule has 1 aromatic carbocycles. The minimum Gasteiger partial charge on any atom is -0.481 e. The average molecular weight is 260 g/mol. The summed E-state index contributed by atoms with van der Waals surface area (Å²) in [4.78, 5) is 13.3. The number of anilines is 1. The summed E-state index contributed by atoms with van der Waals surface area (Å²) in [5, 5.41) is 12.4. The Kier molecular flexibility index (Phi) is 3.19. The van der Waals surface area contributed by atoms with Crippen molar-refractivity contribution in [2.24, 2.45) is 5.92 Å². The highest BCUT2D eigenvalue weighted by Crippen LogP contribution is 2.32. The number of carboxylic acids is 1. The van der Waals surface area contributed by atoms with E-state index in [1.165, 1.54) is 23.2 Å². The number of aliphatic carboxylic acids is 1. The van der Waals surface area contributed by atoms with Crippen LogP contribution in [-0.4, -0.2) is 31.2 Å². The van der Waals surface area contributed by atoms with Crippen molar-refractivity contribution in [3.05, 3.63) is 29.3 Å². The van der Waals surface area contributed by atoms with Crippen LogP contribution in [0.2, 0.25) is 0 Å². The van der Waals surface area contributed by atoms with Crippen molar-refractivity contribution in [1.82, 2.24) is 5.32 Å². The Morgan fingerprint density at radius 1 is 1.47 bits per heavy atom. The number of rotatable bonds is 2. The lowest BCUT2D eigenvalue weighted by molar-refractivity contribution is -0.141. The second kappa shape index (κ2) is 4.85. The molecule has 0 spiro atoms.